The van der Waals surface area contributed by atoms with Gasteiger partial charge in [-0.3, -0.25) is 4.79 Å². The van der Waals surface area contributed by atoms with Crippen LogP contribution in [0.15, 0.2) is 23.1 Å². The van der Waals surface area contributed by atoms with Crippen LogP contribution in [-0.2, 0) is 4.79 Å². The second-order valence-electron chi connectivity index (χ2n) is 3.10. The highest BCUT2D eigenvalue weighted by Gasteiger charge is 2.18. The average molecular weight is 289 g/mol. The summed E-state index contributed by atoms with van der Waals surface area (Å²) in [7, 11) is 0. The Morgan fingerprint density at radius 3 is 2.80 bits per heavy atom. The molecule has 1 aromatic rings. The summed E-state index contributed by atoms with van der Waals surface area (Å²) >= 11 is 7.65. The van der Waals surface area contributed by atoms with E-state index in [1.165, 1.54) is 0 Å². The molecule has 15 heavy (non-hydrogen) atoms. The molecule has 0 fully saturated rings. The highest BCUT2D eigenvalue weighted by atomic mass is 79.9. The Kier molecular flexibility index (Phi) is 4.67. The summed E-state index contributed by atoms with van der Waals surface area (Å²) in [6, 6.07) is 5.57. The minimum absolute atomic E-state index is 0.0508. The number of benzene rings is 1. The van der Waals surface area contributed by atoms with Gasteiger partial charge in [0.25, 0.3) is 0 Å². The van der Waals surface area contributed by atoms with E-state index in [4.69, 9.17) is 4.74 Å². The number of ketones is 1. The van der Waals surface area contributed by atoms with E-state index in [0.29, 0.717) is 12.4 Å². The number of hydrogen-bond donors (Lipinski definition) is 1. The lowest BCUT2D eigenvalue weighted by molar-refractivity contribution is -0.116. The molecule has 0 aliphatic heterocycles. The molecule has 0 aliphatic carbocycles. The van der Waals surface area contributed by atoms with Crippen molar-refractivity contribution in [3.05, 3.63) is 23.8 Å². The van der Waals surface area contributed by atoms with Crippen molar-refractivity contribution >= 4 is 34.3 Å². The van der Waals surface area contributed by atoms with Gasteiger partial charge in [-0.2, -0.15) is 0 Å². The second-order valence-corrected chi connectivity index (χ2v) is 4.50. The van der Waals surface area contributed by atoms with E-state index in [9.17, 15) is 4.79 Å². The smallest absolute Gasteiger partial charge is 0.147 e. The van der Waals surface area contributed by atoms with Crippen LogP contribution >= 0.6 is 28.6 Å². The predicted molar refractivity (Wildman–Crippen MR) is 67.2 cm³/mol. The Morgan fingerprint density at radius 1 is 1.60 bits per heavy atom. The van der Waals surface area contributed by atoms with Crippen molar-refractivity contribution < 1.29 is 9.53 Å². The van der Waals surface area contributed by atoms with Gasteiger partial charge < -0.3 is 4.74 Å². The minimum Gasteiger partial charge on any atom is -0.492 e. The monoisotopic (exact) mass is 288 g/mol. The van der Waals surface area contributed by atoms with Gasteiger partial charge >= 0.3 is 0 Å². The highest BCUT2D eigenvalue weighted by Crippen LogP contribution is 2.36. The molecule has 0 saturated heterocycles. The van der Waals surface area contributed by atoms with Crippen molar-refractivity contribution in [3.63, 3.8) is 0 Å². The van der Waals surface area contributed by atoms with Crippen molar-refractivity contribution in [2.45, 2.75) is 23.6 Å². The number of thiol groups is 1. The number of halogens is 1. The van der Waals surface area contributed by atoms with Crippen LogP contribution in [0.1, 0.15) is 24.2 Å². The van der Waals surface area contributed by atoms with Crippen LogP contribution in [0.5, 0.6) is 5.75 Å². The summed E-state index contributed by atoms with van der Waals surface area (Å²) in [4.78, 5) is 11.7. The van der Waals surface area contributed by atoms with Gasteiger partial charge in [0.1, 0.15) is 16.4 Å². The molecule has 4 heteroatoms. The largest absolute Gasteiger partial charge is 0.492 e. The van der Waals surface area contributed by atoms with Crippen molar-refractivity contribution in [3.8, 4) is 5.75 Å². The molecule has 0 bridgehead atoms. The predicted octanol–water partition coefficient (Wildman–Crippen LogP) is 3.40. The third kappa shape index (κ3) is 2.98. The van der Waals surface area contributed by atoms with E-state index < -0.39 is 0 Å². The summed E-state index contributed by atoms with van der Waals surface area (Å²) in [6.07, 6.45) is 0. The lowest BCUT2D eigenvalue weighted by atomic mass is 10.1. The van der Waals surface area contributed by atoms with Gasteiger partial charge in [0, 0.05) is 10.5 Å². The maximum Gasteiger partial charge on any atom is 0.147 e. The molecule has 0 amide bonds. The fourth-order valence-electron chi connectivity index (χ4n) is 1.26. The quantitative estimate of drug-likeness (QED) is 0.679. The first-order valence-corrected chi connectivity index (χ1v) is 6.03. The number of para-hydroxylation sites is 1. The van der Waals surface area contributed by atoms with Crippen LogP contribution < -0.4 is 4.74 Å². The maximum atomic E-state index is 11.3. The second kappa shape index (κ2) is 5.56. The van der Waals surface area contributed by atoms with Crippen LogP contribution in [0.4, 0.5) is 0 Å². The first-order chi connectivity index (χ1) is 7.07. The Labute approximate surface area is 104 Å². The van der Waals surface area contributed by atoms with Crippen LogP contribution in [0, 0.1) is 0 Å². The van der Waals surface area contributed by atoms with E-state index in [2.05, 4.69) is 28.6 Å². The summed E-state index contributed by atoms with van der Waals surface area (Å²) in [5.74, 6) is 0.732. The van der Waals surface area contributed by atoms with E-state index in [1.807, 2.05) is 25.1 Å². The van der Waals surface area contributed by atoms with Gasteiger partial charge in [-0.15, -0.1) is 12.6 Å². The Morgan fingerprint density at radius 2 is 2.27 bits per heavy atom. The molecule has 0 radical (unpaired) electrons. The first-order valence-electron chi connectivity index (χ1n) is 4.67. The van der Waals surface area contributed by atoms with Crippen LogP contribution in [0.2, 0.25) is 0 Å². The van der Waals surface area contributed by atoms with Gasteiger partial charge in [0.2, 0.25) is 0 Å². The number of Topliss-reactive ketones (excluding diaryl/α,β-unsaturated/α-hetero) is 1. The number of hydrogen-bond acceptors (Lipinski definition) is 3. The van der Waals surface area contributed by atoms with Crippen molar-refractivity contribution in [1.82, 2.24) is 0 Å². The molecular formula is C11H13BrO2S. The average Bonchev–Trinajstić information content (AvgIpc) is 2.20. The van der Waals surface area contributed by atoms with Crippen LogP contribution in [0.3, 0.4) is 0 Å². The zero-order valence-corrected chi connectivity index (χ0v) is 11.1. The third-order valence-electron chi connectivity index (χ3n) is 1.94. The number of rotatable bonds is 4. The van der Waals surface area contributed by atoms with Gasteiger partial charge in [0.15, 0.2) is 0 Å². The molecule has 0 saturated carbocycles. The highest BCUT2D eigenvalue weighted by molar-refractivity contribution is 9.09. The minimum atomic E-state index is -0.328. The molecule has 1 aromatic carbocycles. The van der Waals surface area contributed by atoms with Crippen molar-refractivity contribution in [2.24, 2.45) is 0 Å². The molecule has 82 valence electrons. The van der Waals surface area contributed by atoms with Crippen molar-refractivity contribution in [2.75, 3.05) is 6.61 Å². The molecule has 1 unspecified atom stereocenters. The molecule has 2 nitrogen and oxygen atoms in total. The Balaban J connectivity index is 3.15. The maximum absolute atomic E-state index is 11.3. The fourth-order valence-corrected chi connectivity index (χ4v) is 1.90. The standard InChI is InChI=1S/C11H13BrO2S/c1-3-14-11-8(10(12)7(2)13)5-4-6-9(11)15/h4-6,10,15H,3H2,1-2H3. The zero-order valence-electron chi connectivity index (χ0n) is 8.66. The summed E-state index contributed by atoms with van der Waals surface area (Å²) in [5.41, 5.74) is 0.830. The molecule has 0 heterocycles. The topological polar surface area (TPSA) is 26.3 Å². The van der Waals surface area contributed by atoms with Crippen LogP contribution in [0.25, 0.3) is 0 Å². The molecule has 0 N–H and O–H groups in total. The van der Waals surface area contributed by atoms with E-state index in [0.717, 1.165) is 10.5 Å². The molecule has 1 atom stereocenters. The summed E-state index contributed by atoms with van der Waals surface area (Å²) < 4.78 is 5.48. The van der Waals surface area contributed by atoms with Gasteiger partial charge in [-0.1, -0.05) is 28.1 Å². The number of alkyl halides is 1. The lowest BCUT2D eigenvalue weighted by Crippen LogP contribution is -2.05. The van der Waals surface area contributed by atoms with Crippen molar-refractivity contribution in [1.29, 1.82) is 0 Å². The SMILES string of the molecule is CCOc1c(S)cccc1C(Br)C(C)=O. The zero-order chi connectivity index (χ0) is 11.4. The number of ether oxygens (including phenoxy) is 1. The van der Waals surface area contributed by atoms with E-state index >= 15 is 0 Å². The Bertz CT molecular complexity index is 366. The molecular weight excluding hydrogens is 276 g/mol. The fraction of sp³-hybridized carbons (Fsp3) is 0.364. The number of carbonyl (C=O) groups is 1. The lowest BCUT2D eigenvalue weighted by Gasteiger charge is -2.14. The first kappa shape index (κ1) is 12.6. The normalized spacial score (nSPS) is 12.3. The molecule has 0 spiro atoms. The number of carbonyl (C=O) groups excluding carboxylic acids is 1. The van der Waals surface area contributed by atoms with Gasteiger partial charge in [0.05, 0.1) is 6.61 Å². The molecule has 1 rings (SSSR count). The van der Waals surface area contributed by atoms with E-state index in [-0.39, 0.29) is 10.6 Å². The summed E-state index contributed by atoms with van der Waals surface area (Å²) in [5, 5.41) is 0. The van der Waals surface area contributed by atoms with Crippen LogP contribution in [-0.4, -0.2) is 12.4 Å². The summed E-state index contributed by atoms with van der Waals surface area (Å²) in [6.45, 7) is 4.00. The molecule has 0 aromatic heterocycles. The third-order valence-corrected chi connectivity index (χ3v) is 3.43. The molecule has 0 aliphatic rings. The van der Waals surface area contributed by atoms with Gasteiger partial charge in [-0.25, -0.2) is 0 Å². The Hall–Kier alpha value is -0.480. The van der Waals surface area contributed by atoms with Gasteiger partial charge in [-0.05, 0) is 19.9 Å². The van der Waals surface area contributed by atoms with E-state index in [1.54, 1.807) is 6.92 Å².